The number of nitrogens with zero attached hydrogens (tertiary/aromatic N) is 1. The highest BCUT2D eigenvalue weighted by Gasteiger charge is 2.08. The second-order valence-electron chi connectivity index (χ2n) is 4.06. The fourth-order valence-electron chi connectivity index (χ4n) is 1.73. The first-order valence-electron chi connectivity index (χ1n) is 5.60. The van der Waals surface area contributed by atoms with Crippen molar-refractivity contribution in [3.8, 4) is 0 Å². The van der Waals surface area contributed by atoms with Gasteiger partial charge in [-0.2, -0.15) is 0 Å². The maximum absolute atomic E-state index is 13.4. The van der Waals surface area contributed by atoms with Crippen LogP contribution < -0.4 is 5.32 Å². The summed E-state index contributed by atoms with van der Waals surface area (Å²) in [6.07, 6.45) is 3.51. The van der Waals surface area contributed by atoms with Gasteiger partial charge in [0.2, 0.25) is 0 Å². The van der Waals surface area contributed by atoms with Gasteiger partial charge in [-0.05, 0) is 43.7 Å². The number of nitrogens with one attached hydrogen (secondary N) is 1. The van der Waals surface area contributed by atoms with Gasteiger partial charge >= 0.3 is 0 Å². The van der Waals surface area contributed by atoms with E-state index >= 15 is 0 Å². The lowest BCUT2D eigenvalue weighted by atomic mass is 10.1. The van der Waals surface area contributed by atoms with Crippen molar-refractivity contribution in [2.24, 2.45) is 0 Å². The Hall–Kier alpha value is -1.90. The first-order chi connectivity index (χ1) is 8.18. The smallest absolute Gasteiger partial charge is 0.128 e. The van der Waals surface area contributed by atoms with Crippen molar-refractivity contribution in [3.63, 3.8) is 0 Å². The summed E-state index contributed by atoms with van der Waals surface area (Å²) in [6, 6.07) is 9.09. The minimum absolute atomic E-state index is 0.124. The maximum atomic E-state index is 13.4. The zero-order valence-electron chi connectivity index (χ0n) is 9.94. The van der Waals surface area contributed by atoms with Gasteiger partial charge in [0, 0.05) is 29.7 Å². The Morgan fingerprint density at radius 3 is 2.59 bits per heavy atom. The number of halogens is 1. The van der Waals surface area contributed by atoms with Gasteiger partial charge in [0.1, 0.15) is 5.82 Å². The Kier molecular flexibility index (Phi) is 3.38. The molecule has 0 aliphatic carbocycles. The summed E-state index contributed by atoms with van der Waals surface area (Å²) in [7, 11) is 0. The lowest BCUT2D eigenvalue weighted by Gasteiger charge is -2.17. The number of hydrogen-bond acceptors (Lipinski definition) is 2. The number of hydrogen-bond donors (Lipinski definition) is 1. The second kappa shape index (κ2) is 4.95. The van der Waals surface area contributed by atoms with Gasteiger partial charge in [0.15, 0.2) is 0 Å². The van der Waals surface area contributed by atoms with Crippen molar-refractivity contribution in [2.75, 3.05) is 5.32 Å². The van der Waals surface area contributed by atoms with Crippen molar-refractivity contribution in [2.45, 2.75) is 19.9 Å². The fourth-order valence-corrected chi connectivity index (χ4v) is 1.73. The first kappa shape index (κ1) is 11.6. The predicted molar refractivity (Wildman–Crippen MR) is 67.4 cm³/mol. The molecule has 0 saturated heterocycles. The van der Waals surface area contributed by atoms with E-state index in [1.54, 1.807) is 25.4 Å². The Balaban J connectivity index is 2.19. The van der Waals surface area contributed by atoms with E-state index < -0.39 is 0 Å². The van der Waals surface area contributed by atoms with Gasteiger partial charge in [-0.1, -0.05) is 6.07 Å². The second-order valence-corrected chi connectivity index (χ2v) is 4.06. The number of pyridine rings is 1. The highest BCUT2D eigenvalue weighted by atomic mass is 19.1. The third kappa shape index (κ3) is 2.61. The minimum atomic E-state index is -0.183. The molecule has 1 aromatic heterocycles. The number of rotatable bonds is 3. The monoisotopic (exact) mass is 230 g/mol. The molecule has 1 heterocycles. The van der Waals surface area contributed by atoms with E-state index in [1.807, 2.05) is 25.1 Å². The van der Waals surface area contributed by atoms with E-state index in [0.717, 1.165) is 11.3 Å². The van der Waals surface area contributed by atoms with Crippen molar-refractivity contribution < 1.29 is 4.39 Å². The lowest BCUT2D eigenvalue weighted by Crippen LogP contribution is -2.08. The van der Waals surface area contributed by atoms with Crippen LogP contribution in [-0.2, 0) is 0 Å². The van der Waals surface area contributed by atoms with E-state index in [-0.39, 0.29) is 11.9 Å². The molecule has 1 atom stereocenters. The standard InChI is InChI=1S/C14H15FN2/c1-10-13(15)4-3-5-14(10)17-11(2)12-6-8-16-9-7-12/h3-9,11,17H,1-2H3. The first-order valence-corrected chi connectivity index (χ1v) is 5.60. The largest absolute Gasteiger partial charge is 0.378 e. The summed E-state index contributed by atoms with van der Waals surface area (Å²) in [5.74, 6) is -0.183. The van der Waals surface area contributed by atoms with E-state index in [2.05, 4.69) is 10.3 Å². The van der Waals surface area contributed by atoms with Gasteiger partial charge in [0.05, 0.1) is 0 Å². The molecule has 3 heteroatoms. The normalized spacial score (nSPS) is 12.2. The van der Waals surface area contributed by atoms with Crippen LogP contribution in [0.25, 0.3) is 0 Å². The van der Waals surface area contributed by atoms with Gasteiger partial charge in [-0.3, -0.25) is 4.98 Å². The van der Waals surface area contributed by atoms with E-state index in [0.29, 0.717) is 5.56 Å². The summed E-state index contributed by atoms with van der Waals surface area (Å²) in [4.78, 5) is 3.98. The van der Waals surface area contributed by atoms with Crippen LogP contribution in [0.5, 0.6) is 0 Å². The summed E-state index contributed by atoms with van der Waals surface area (Å²) < 4.78 is 13.4. The molecule has 2 aromatic rings. The summed E-state index contributed by atoms with van der Waals surface area (Å²) in [6.45, 7) is 3.82. The Bertz CT molecular complexity index is 497. The Morgan fingerprint density at radius 2 is 1.88 bits per heavy atom. The average molecular weight is 230 g/mol. The molecule has 0 aliphatic heterocycles. The number of anilines is 1. The molecule has 88 valence electrons. The molecule has 0 amide bonds. The van der Waals surface area contributed by atoms with Crippen molar-refractivity contribution in [3.05, 3.63) is 59.7 Å². The van der Waals surface area contributed by atoms with Crippen LogP contribution >= 0.6 is 0 Å². The molecule has 0 radical (unpaired) electrons. The van der Waals surface area contributed by atoms with Crippen LogP contribution in [0.4, 0.5) is 10.1 Å². The van der Waals surface area contributed by atoms with Gasteiger partial charge in [-0.15, -0.1) is 0 Å². The van der Waals surface area contributed by atoms with Crippen LogP contribution in [0, 0.1) is 12.7 Å². The molecular weight excluding hydrogens is 215 g/mol. The SMILES string of the molecule is Cc1c(F)cccc1NC(C)c1ccncc1. The molecule has 0 saturated carbocycles. The van der Waals surface area contributed by atoms with Gasteiger partial charge < -0.3 is 5.32 Å². The van der Waals surface area contributed by atoms with Crippen molar-refractivity contribution >= 4 is 5.69 Å². The summed E-state index contributed by atoms with van der Waals surface area (Å²) in [5, 5.41) is 3.30. The third-order valence-electron chi connectivity index (χ3n) is 2.85. The Morgan fingerprint density at radius 1 is 1.18 bits per heavy atom. The summed E-state index contributed by atoms with van der Waals surface area (Å²) in [5.41, 5.74) is 2.60. The van der Waals surface area contributed by atoms with Crippen LogP contribution in [0.3, 0.4) is 0 Å². The molecule has 1 unspecified atom stereocenters. The highest BCUT2D eigenvalue weighted by Crippen LogP contribution is 2.23. The van der Waals surface area contributed by atoms with Gasteiger partial charge in [-0.25, -0.2) is 4.39 Å². The van der Waals surface area contributed by atoms with Crippen LogP contribution in [0.2, 0.25) is 0 Å². The minimum Gasteiger partial charge on any atom is -0.378 e. The van der Waals surface area contributed by atoms with Crippen LogP contribution in [-0.4, -0.2) is 4.98 Å². The fraction of sp³-hybridized carbons (Fsp3) is 0.214. The molecule has 2 nitrogen and oxygen atoms in total. The van der Waals surface area contributed by atoms with Crippen LogP contribution in [0.1, 0.15) is 24.1 Å². The molecular formula is C14H15FN2. The third-order valence-corrected chi connectivity index (χ3v) is 2.85. The molecule has 1 aromatic carbocycles. The molecule has 1 N–H and O–H groups in total. The molecule has 2 rings (SSSR count). The molecule has 0 fully saturated rings. The van der Waals surface area contributed by atoms with Crippen molar-refractivity contribution in [1.82, 2.24) is 4.98 Å². The quantitative estimate of drug-likeness (QED) is 0.869. The van der Waals surface area contributed by atoms with E-state index in [9.17, 15) is 4.39 Å². The summed E-state index contributed by atoms with van der Waals surface area (Å²) >= 11 is 0. The van der Waals surface area contributed by atoms with E-state index in [4.69, 9.17) is 0 Å². The maximum Gasteiger partial charge on any atom is 0.128 e. The number of aromatic nitrogens is 1. The molecule has 17 heavy (non-hydrogen) atoms. The van der Waals surface area contributed by atoms with Crippen LogP contribution in [0.15, 0.2) is 42.7 Å². The highest BCUT2D eigenvalue weighted by molar-refractivity contribution is 5.52. The predicted octanol–water partition coefficient (Wildman–Crippen LogP) is 3.70. The zero-order chi connectivity index (χ0) is 12.3. The lowest BCUT2D eigenvalue weighted by molar-refractivity contribution is 0.618. The Labute approximate surface area is 101 Å². The number of benzene rings is 1. The molecule has 0 aliphatic rings. The zero-order valence-corrected chi connectivity index (χ0v) is 9.94. The van der Waals surface area contributed by atoms with Gasteiger partial charge in [0.25, 0.3) is 0 Å². The molecule has 0 spiro atoms. The average Bonchev–Trinajstić information content (AvgIpc) is 2.36. The topological polar surface area (TPSA) is 24.9 Å². The van der Waals surface area contributed by atoms with E-state index in [1.165, 1.54) is 6.07 Å². The van der Waals surface area contributed by atoms with Crippen molar-refractivity contribution in [1.29, 1.82) is 0 Å². The molecule has 0 bridgehead atoms.